The molecule has 3 aliphatic rings. The lowest BCUT2D eigenvalue weighted by atomic mass is 9.78. The van der Waals surface area contributed by atoms with Crippen molar-refractivity contribution in [3.05, 3.63) is 28.8 Å². The molecule has 0 spiro atoms. The Morgan fingerprint density at radius 2 is 1.61 bits per heavy atom. The third-order valence-electron chi connectivity index (χ3n) is 6.16. The molecule has 2 fully saturated rings. The first-order chi connectivity index (χ1) is 13.3. The van der Waals surface area contributed by atoms with E-state index in [1.807, 2.05) is 13.8 Å². The van der Waals surface area contributed by atoms with Gasteiger partial charge in [-0.1, -0.05) is 11.1 Å². The lowest BCUT2D eigenvalue weighted by Crippen LogP contribution is -2.38. The first-order valence-electron chi connectivity index (χ1n) is 9.45. The van der Waals surface area contributed by atoms with Crippen LogP contribution in [0.5, 0.6) is 11.5 Å². The largest absolute Gasteiger partial charge is 0.481 e. The minimum absolute atomic E-state index is 0.0570. The number of anilines is 1. The van der Waals surface area contributed by atoms with E-state index in [1.54, 1.807) is 12.1 Å². The Bertz CT molecular complexity index is 914. The van der Waals surface area contributed by atoms with E-state index in [-0.39, 0.29) is 30.3 Å². The maximum atomic E-state index is 13.2. The number of allylic oxidation sites excluding steroid dienone is 2. The molecule has 148 valence electrons. The summed E-state index contributed by atoms with van der Waals surface area (Å²) < 4.78 is 10.7. The number of amides is 1. The van der Waals surface area contributed by atoms with Gasteiger partial charge >= 0.3 is 5.97 Å². The molecule has 1 aromatic rings. The number of nitrogens with one attached hydrogen (secondary N) is 1. The van der Waals surface area contributed by atoms with Crippen molar-refractivity contribution in [2.75, 3.05) is 12.1 Å². The lowest BCUT2D eigenvalue weighted by Gasteiger charge is -2.26. The van der Waals surface area contributed by atoms with Crippen LogP contribution >= 0.6 is 0 Å². The highest BCUT2D eigenvalue weighted by Crippen LogP contribution is 2.57. The number of aliphatic carboxylic acids is 1. The maximum Gasteiger partial charge on any atom is 0.307 e. The van der Waals surface area contributed by atoms with Crippen LogP contribution in [0.15, 0.2) is 23.3 Å². The van der Waals surface area contributed by atoms with Crippen LogP contribution in [-0.2, 0) is 9.59 Å². The van der Waals surface area contributed by atoms with Crippen LogP contribution in [0.3, 0.4) is 0 Å². The fourth-order valence-corrected chi connectivity index (χ4v) is 5.16. The van der Waals surface area contributed by atoms with E-state index in [2.05, 4.69) is 5.32 Å². The van der Waals surface area contributed by atoms with Gasteiger partial charge in [-0.2, -0.15) is 0 Å². The lowest BCUT2D eigenvalue weighted by molar-refractivity contribution is -0.148. The molecular formula is C21H23NO6. The summed E-state index contributed by atoms with van der Waals surface area (Å²) in [5.74, 6) is -2.15. The molecule has 2 N–H and O–H groups in total. The smallest absolute Gasteiger partial charge is 0.307 e. The van der Waals surface area contributed by atoms with Gasteiger partial charge in [0.25, 0.3) is 0 Å². The number of carbonyl (C=O) groups excluding carboxylic acids is 2. The summed E-state index contributed by atoms with van der Waals surface area (Å²) in [5.41, 5.74) is 2.86. The van der Waals surface area contributed by atoms with Crippen LogP contribution in [0.2, 0.25) is 0 Å². The van der Waals surface area contributed by atoms with E-state index in [9.17, 15) is 19.5 Å². The van der Waals surface area contributed by atoms with Gasteiger partial charge in [-0.25, -0.2) is 0 Å². The van der Waals surface area contributed by atoms with E-state index in [1.165, 1.54) is 6.92 Å². The Labute approximate surface area is 162 Å². The Morgan fingerprint density at radius 3 is 2.18 bits per heavy atom. The molecular weight excluding hydrogens is 362 g/mol. The van der Waals surface area contributed by atoms with Gasteiger partial charge in [0.2, 0.25) is 12.7 Å². The minimum Gasteiger partial charge on any atom is -0.481 e. The molecule has 7 nitrogen and oxygen atoms in total. The van der Waals surface area contributed by atoms with Crippen molar-refractivity contribution in [3.63, 3.8) is 0 Å². The Balaban J connectivity index is 1.68. The third-order valence-corrected chi connectivity index (χ3v) is 6.16. The Hall–Kier alpha value is -2.83. The molecule has 0 aromatic heterocycles. The van der Waals surface area contributed by atoms with E-state index in [0.717, 1.165) is 24.0 Å². The van der Waals surface area contributed by atoms with E-state index >= 15 is 0 Å². The molecule has 4 unspecified atom stereocenters. The summed E-state index contributed by atoms with van der Waals surface area (Å²) in [5, 5.41) is 12.6. The number of hydrogen-bond acceptors (Lipinski definition) is 5. The first-order valence-corrected chi connectivity index (χ1v) is 9.45. The highest BCUT2D eigenvalue weighted by molar-refractivity contribution is 6.06. The van der Waals surface area contributed by atoms with E-state index < -0.39 is 17.8 Å². The molecule has 2 saturated carbocycles. The predicted molar refractivity (Wildman–Crippen MR) is 100 cm³/mol. The second-order valence-corrected chi connectivity index (χ2v) is 7.93. The maximum absolute atomic E-state index is 13.2. The molecule has 0 saturated heterocycles. The number of ether oxygens (including phenoxy) is 2. The standard InChI is InChI=1S/C21H23NO6/c1-9(2)17-11-4-5-12(17)19(21(25)26)18(11)20(24)22-14-7-16-15(27-8-28-16)6-13(14)10(3)23/h6-7,11-12,18-19H,4-5,8H2,1-3H3,(H,22,24)(H,25,26). The third kappa shape index (κ3) is 2.77. The van der Waals surface area contributed by atoms with Crippen molar-refractivity contribution in [1.82, 2.24) is 0 Å². The zero-order valence-corrected chi connectivity index (χ0v) is 16.1. The molecule has 2 bridgehead atoms. The second kappa shape index (κ2) is 6.65. The van der Waals surface area contributed by atoms with Crippen LogP contribution in [0.25, 0.3) is 0 Å². The molecule has 28 heavy (non-hydrogen) atoms. The van der Waals surface area contributed by atoms with Gasteiger partial charge in [-0.15, -0.1) is 0 Å². The van der Waals surface area contributed by atoms with Crippen molar-refractivity contribution >= 4 is 23.3 Å². The molecule has 1 heterocycles. The number of hydrogen-bond donors (Lipinski definition) is 2. The monoisotopic (exact) mass is 385 g/mol. The topological polar surface area (TPSA) is 102 Å². The van der Waals surface area contributed by atoms with E-state index in [4.69, 9.17) is 9.47 Å². The number of carboxylic acids is 1. The highest BCUT2D eigenvalue weighted by atomic mass is 16.7. The van der Waals surface area contributed by atoms with Gasteiger partial charge in [-0.05, 0) is 51.5 Å². The summed E-state index contributed by atoms with van der Waals surface area (Å²) in [6.45, 7) is 5.42. The minimum atomic E-state index is -0.941. The fourth-order valence-electron chi connectivity index (χ4n) is 5.16. The predicted octanol–water partition coefficient (Wildman–Crippen LogP) is 3.25. The quantitative estimate of drug-likeness (QED) is 0.609. The van der Waals surface area contributed by atoms with Crippen LogP contribution in [0, 0.1) is 23.7 Å². The molecule has 7 heteroatoms. The van der Waals surface area contributed by atoms with Gasteiger partial charge < -0.3 is 19.9 Å². The van der Waals surface area contributed by atoms with Crippen molar-refractivity contribution in [1.29, 1.82) is 0 Å². The molecule has 1 aliphatic heterocycles. The zero-order chi connectivity index (χ0) is 20.2. The fraction of sp³-hybridized carbons (Fsp3) is 0.476. The number of rotatable bonds is 4. The van der Waals surface area contributed by atoms with Gasteiger partial charge in [0.05, 0.1) is 17.5 Å². The number of carboxylic acid groups (broad SMARTS) is 1. The number of benzene rings is 1. The summed E-state index contributed by atoms with van der Waals surface area (Å²) in [6.07, 6.45) is 1.61. The Kier molecular flexibility index (Phi) is 4.40. The number of fused-ring (bicyclic) bond motifs is 3. The van der Waals surface area contributed by atoms with Crippen molar-refractivity contribution in [2.24, 2.45) is 23.7 Å². The average molecular weight is 385 g/mol. The summed E-state index contributed by atoms with van der Waals surface area (Å²) in [6, 6.07) is 3.12. The Morgan fingerprint density at radius 1 is 1.00 bits per heavy atom. The van der Waals surface area contributed by atoms with Crippen LogP contribution in [-0.4, -0.2) is 29.6 Å². The number of ketones is 1. The van der Waals surface area contributed by atoms with Crippen molar-refractivity contribution in [2.45, 2.75) is 33.6 Å². The van der Waals surface area contributed by atoms with Gasteiger partial charge in [0, 0.05) is 11.6 Å². The van der Waals surface area contributed by atoms with Crippen LogP contribution < -0.4 is 14.8 Å². The average Bonchev–Trinajstić information content (AvgIpc) is 3.32. The van der Waals surface area contributed by atoms with Gasteiger partial charge in [0.1, 0.15) is 0 Å². The SMILES string of the molecule is CC(=O)c1cc2c(cc1NC(=O)C1C3CCC(C3=C(C)C)C1C(=O)O)OCO2. The van der Waals surface area contributed by atoms with Crippen LogP contribution in [0.4, 0.5) is 5.69 Å². The molecule has 4 atom stereocenters. The molecule has 4 rings (SSSR count). The summed E-state index contributed by atoms with van der Waals surface area (Å²) >= 11 is 0. The van der Waals surface area contributed by atoms with E-state index in [0.29, 0.717) is 22.7 Å². The summed E-state index contributed by atoms with van der Waals surface area (Å²) in [7, 11) is 0. The second-order valence-electron chi connectivity index (χ2n) is 7.93. The summed E-state index contributed by atoms with van der Waals surface area (Å²) in [4.78, 5) is 37.2. The molecule has 0 radical (unpaired) electrons. The first kappa shape index (κ1) is 18.5. The number of carbonyl (C=O) groups is 3. The zero-order valence-electron chi connectivity index (χ0n) is 16.1. The number of Topliss-reactive ketones (excluding diaryl/α,β-unsaturated/α-hetero) is 1. The van der Waals surface area contributed by atoms with Gasteiger partial charge in [-0.3, -0.25) is 14.4 Å². The normalized spacial score (nSPS) is 27.0. The van der Waals surface area contributed by atoms with Gasteiger partial charge in [0.15, 0.2) is 17.3 Å². The van der Waals surface area contributed by atoms with Crippen LogP contribution in [0.1, 0.15) is 44.0 Å². The van der Waals surface area contributed by atoms with Crippen molar-refractivity contribution < 1.29 is 29.0 Å². The molecule has 2 aliphatic carbocycles. The molecule has 1 amide bonds. The van der Waals surface area contributed by atoms with Crippen molar-refractivity contribution in [3.8, 4) is 11.5 Å². The molecule has 1 aromatic carbocycles. The highest BCUT2D eigenvalue weighted by Gasteiger charge is 2.57.